The second kappa shape index (κ2) is 6.32. The quantitative estimate of drug-likeness (QED) is 0.910. The zero-order chi connectivity index (χ0) is 15.4. The third-order valence-corrected chi connectivity index (χ3v) is 2.76. The predicted molar refractivity (Wildman–Crippen MR) is 75.3 cm³/mol. The van der Waals surface area contributed by atoms with E-state index in [9.17, 15) is 13.6 Å². The number of hydrogen-bond donors (Lipinski definition) is 2. The number of rotatable bonds is 4. The molecule has 0 spiro atoms. The normalized spacial score (nSPS) is 10.3. The lowest BCUT2D eigenvalue weighted by molar-refractivity contribution is -0.114. The van der Waals surface area contributed by atoms with Crippen molar-refractivity contribution in [1.29, 1.82) is 0 Å². The largest absolute Gasteiger partial charge is 0.455 e. The second-order valence-corrected chi connectivity index (χ2v) is 4.41. The summed E-state index contributed by atoms with van der Waals surface area (Å²) in [4.78, 5) is 11.3. The van der Waals surface area contributed by atoms with Gasteiger partial charge in [0.15, 0.2) is 5.75 Å². The van der Waals surface area contributed by atoms with Gasteiger partial charge >= 0.3 is 0 Å². The summed E-state index contributed by atoms with van der Waals surface area (Å²) in [6.07, 6.45) is 0. The standard InChI is InChI=1S/C15H14F2N2O2/c1-9-6-11(3-4-12(9)17)21-14-7-10(16)2-5-13(14)19-15(20)8-18/h2-7H,8,18H2,1H3,(H,19,20). The van der Waals surface area contributed by atoms with Crippen LogP contribution in [0.15, 0.2) is 36.4 Å². The summed E-state index contributed by atoms with van der Waals surface area (Å²) >= 11 is 0. The van der Waals surface area contributed by atoms with E-state index >= 15 is 0 Å². The van der Waals surface area contributed by atoms with E-state index in [2.05, 4.69) is 5.32 Å². The van der Waals surface area contributed by atoms with Gasteiger partial charge in [-0.15, -0.1) is 0 Å². The van der Waals surface area contributed by atoms with Crippen LogP contribution in [0.1, 0.15) is 5.56 Å². The number of carbonyl (C=O) groups is 1. The smallest absolute Gasteiger partial charge is 0.238 e. The van der Waals surface area contributed by atoms with Gasteiger partial charge in [0.2, 0.25) is 5.91 Å². The molecule has 0 fully saturated rings. The predicted octanol–water partition coefficient (Wildman–Crippen LogP) is 2.96. The molecule has 2 aromatic rings. The molecule has 0 aliphatic carbocycles. The van der Waals surface area contributed by atoms with Crippen LogP contribution in [0.4, 0.5) is 14.5 Å². The number of benzene rings is 2. The monoisotopic (exact) mass is 292 g/mol. The molecule has 0 radical (unpaired) electrons. The Labute approximate surface area is 120 Å². The minimum atomic E-state index is -0.519. The number of aryl methyl sites for hydroxylation is 1. The van der Waals surface area contributed by atoms with E-state index in [1.54, 1.807) is 6.92 Å². The Bertz CT molecular complexity index is 675. The molecule has 0 bridgehead atoms. The molecule has 110 valence electrons. The summed E-state index contributed by atoms with van der Waals surface area (Å²) in [5.74, 6) is -0.861. The molecule has 0 saturated carbocycles. The number of nitrogens with two attached hydrogens (primary N) is 1. The maximum absolute atomic E-state index is 13.3. The minimum absolute atomic E-state index is 0.114. The van der Waals surface area contributed by atoms with Crippen LogP contribution in [-0.2, 0) is 4.79 Å². The number of anilines is 1. The molecule has 0 aromatic heterocycles. The van der Waals surface area contributed by atoms with Gasteiger partial charge in [0.1, 0.15) is 17.4 Å². The molecule has 0 atom stereocenters. The molecular formula is C15H14F2N2O2. The van der Waals surface area contributed by atoms with E-state index in [1.165, 1.54) is 30.3 Å². The number of hydrogen-bond acceptors (Lipinski definition) is 3. The molecule has 0 unspecified atom stereocenters. The minimum Gasteiger partial charge on any atom is -0.455 e. The molecule has 21 heavy (non-hydrogen) atoms. The lowest BCUT2D eigenvalue weighted by Gasteiger charge is -2.12. The van der Waals surface area contributed by atoms with Crippen molar-refractivity contribution >= 4 is 11.6 Å². The van der Waals surface area contributed by atoms with Gasteiger partial charge in [0.05, 0.1) is 12.2 Å². The first-order chi connectivity index (χ1) is 9.99. The van der Waals surface area contributed by atoms with Crippen molar-refractivity contribution in [3.63, 3.8) is 0 Å². The summed E-state index contributed by atoms with van der Waals surface area (Å²) in [6, 6.07) is 7.84. The molecule has 2 rings (SSSR count). The van der Waals surface area contributed by atoms with Crippen LogP contribution in [0.3, 0.4) is 0 Å². The van der Waals surface area contributed by atoms with E-state index in [4.69, 9.17) is 10.5 Å². The second-order valence-electron chi connectivity index (χ2n) is 4.41. The van der Waals surface area contributed by atoms with Gasteiger partial charge in [-0.25, -0.2) is 8.78 Å². The Morgan fingerprint density at radius 3 is 2.67 bits per heavy atom. The van der Waals surface area contributed by atoms with E-state index in [0.29, 0.717) is 11.3 Å². The van der Waals surface area contributed by atoms with Crippen LogP contribution in [0.2, 0.25) is 0 Å². The lowest BCUT2D eigenvalue weighted by atomic mass is 10.2. The molecule has 0 aliphatic rings. The third-order valence-electron chi connectivity index (χ3n) is 2.76. The highest BCUT2D eigenvalue weighted by molar-refractivity contribution is 5.93. The first kappa shape index (κ1) is 14.9. The van der Waals surface area contributed by atoms with Crippen molar-refractivity contribution in [2.24, 2.45) is 5.73 Å². The molecular weight excluding hydrogens is 278 g/mol. The lowest BCUT2D eigenvalue weighted by Crippen LogP contribution is -2.22. The maximum Gasteiger partial charge on any atom is 0.238 e. The average molecular weight is 292 g/mol. The first-order valence-corrected chi connectivity index (χ1v) is 6.23. The van der Waals surface area contributed by atoms with E-state index < -0.39 is 11.7 Å². The zero-order valence-electron chi connectivity index (χ0n) is 11.3. The van der Waals surface area contributed by atoms with Gasteiger partial charge < -0.3 is 15.8 Å². The molecule has 2 aromatic carbocycles. The zero-order valence-corrected chi connectivity index (χ0v) is 11.3. The molecule has 0 heterocycles. The highest BCUT2D eigenvalue weighted by atomic mass is 19.1. The fraction of sp³-hybridized carbons (Fsp3) is 0.133. The van der Waals surface area contributed by atoms with Crippen LogP contribution in [0, 0.1) is 18.6 Å². The Morgan fingerprint density at radius 1 is 1.24 bits per heavy atom. The summed E-state index contributed by atoms with van der Waals surface area (Å²) < 4.78 is 32.1. The molecule has 3 N–H and O–H groups in total. The van der Waals surface area contributed by atoms with Crippen molar-refractivity contribution in [1.82, 2.24) is 0 Å². The number of carbonyl (C=O) groups excluding carboxylic acids is 1. The van der Waals surface area contributed by atoms with Crippen molar-refractivity contribution in [3.8, 4) is 11.5 Å². The van der Waals surface area contributed by atoms with Gasteiger partial charge in [0, 0.05) is 6.07 Å². The highest BCUT2D eigenvalue weighted by Crippen LogP contribution is 2.31. The van der Waals surface area contributed by atoms with E-state index in [1.807, 2.05) is 0 Å². The van der Waals surface area contributed by atoms with Crippen molar-refractivity contribution < 1.29 is 18.3 Å². The average Bonchev–Trinajstić information content (AvgIpc) is 2.45. The van der Waals surface area contributed by atoms with Gasteiger partial charge in [-0.05, 0) is 42.8 Å². The maximum atomic E-state index is 13.3. The molecule has 1 amide bonds. The van der Waals surface area contributed by atoms with E-state index in [0.717, 1.165) is 6.07 Å². The van der Waals surface area contributed by atoms with Crippen LogP contribution in [0.5, 0.6) is 11.5 Å². The van der Waals surface area contributed by atoms with Crippen molar-refractivity contribution in [2.45, 2.75) is 6.92 Å². The van der Waals surface area contributed by atoms with E-state index in [-0.39, 0.29) is 23.8 Å². The summed E-state index contributed by atoms with van der Waals surface area (Å²) in [6.45, 7) is 1.39. The Morgan fingerprint density at radius 2 is 2.00 bits per heavy atom. The third kappa shape index (κ3) is 3.76. The highest BCUT2D eigenvalue weighted by Gasteiger charge is 2.10. The molecule has 0 aliphatic heterocycles. The van der Waals surface area contributed by atoms with Crippen LogP contribution in [-0.4, -0.2) is 12.5 Å². The topological polar surface area (TPSA) is 64.3 Å². The van der Waals surface area contributed by atoms with Crippen molar-refractivity contribution in [3.05, 3.63) is 53.6 Å². The molecule has 0 saturated heterocycles. The number of halogens is 2. The van der Waals surface area contributed by atoms with Gasteiger partial charge in [0.25, 0.3) is 0 Å². The number of ether oxygens (including phenoxy) is 1. The Hall–Kier alpha value is -2.47. The Balaban J connectivity index is 2.31. The van der Waals surface area contributed by atoms with Gasteiger partial charge in [-0.1, -0.05) is 0 Å². The molecule has 4 nitrogen and oxygen atoms in total. The SMILES string of the molecule is Cc1cc(Oc2cc(F)ccc2NC(=O)CN)ccc1F. The van der Waals surface area contributed by atoms with Crippen LogP contribution < -0.4 is 15.8 Å². The fourth-order valence-corrected chi connectivity index (χ4v) is 1.69. The summed E-state index contributed by atoms with van der Waals surface area (Å²) in [5, 5.41) is 2.50. The first-order valence-electron chi connectivity index (χ1n) is 6.23. The molecule has 6 heteroatoms. The number of amides is 1. The van der Waals surface area contributed by atoms with Crippen molar-refractivity contribution in [2.75, 3.05) is 11.9 Å². The van der Waals surface area contributed by atoms with Crippen LogP contribution in [0.25, 0.3) is 0 Å². The summed E-state index contributed by atoms with van der Waals surface area (Å²) in [5.41, 5.74) is 5.91. The van der Waals surface area contributed by atoms with Gasteiger partial charge in [-0.3, -0.25) is 4.79 Å². The van der Waals surface area contributed by atoms with Gasteiger partial charge in [-0.2, -0.15) is 0 Å². The summed E-state index contributed by atoms with van der Waals surface area (Å²) in [7, 11) is 0. The number of nitrogens with one attached hydrogen (secondary N) is 1. The Kier molecular flexibility index (Phi) is 4.49. The van der Waals surface area contributed by atoms with Crippen LogP contribution >= 0.6 is 0 Å². The fourth-order valence-electron chi connectivity index (χ4n) is 1.69.